The lowest BCUT2D eigenvalue weighted by molar-refractivity contribution is -0.115. The number of carbonyl (C=O) groups is 1. The van der Waals surface area contributed by atoms with Gasteiger partial charge < -0.3 is 16.0 Å². The molecule has 1 unspecified atom stereocenters. The summed E-state index contributed by atoms with van der Waals surface area (Å²) in [7, 11) is 0. The first kappa shape index (κ1) is 14.5. The van der Waals surface area contributed by atoms with Crippen molar-refractivity contribution in [3.8, 4) is 0 Å². The highest BCUT2D eigenvalue weighted by Crippen LogP contribution is 2.26. The number of thioether (sulfide) groups is 1. The number of rotatable bonds is 4. The van der Waals surface area contributed by atoms with Crippen LogP contribution in [0.3, 0.4) is 0 Å². The van der Waals surface area contributed by atoms with E-state index in [0.29, 0.717) is 5.69 Å². The van der Waals surface area contributed by atoms with Crippen molar-refractivity contribution in [3.05, 3.63) is 54.7 Å². The van der Waals surface area contributed by atoms with Gasteiger partial charge in [0.2, 0.25) is 5.91 Å². The van der Waals surface area contributed by atoms with Crippen LogP contribution in [0.25, 0.3) is 10.9 Å². The summed E-state index contributed by atoms with van der Waals surface area (Å²) in [5.41, 5.74) is 8.26. The lowest BCUT2D eigenvalue weighted by atomic mass is 10.2. The predicted molar refractivity (Wildman–Crippen MR) is 93.1 cm³/mol. The maximum atomic E-state index is 12.3. The Morgan fingerprint density at radius 1 is 1.23 bits per heavy atom. The molecule has 0 bridgehead atoms. The molecule has 0 aliphatic heterocycles. The SMILES string of the molecule is CC(Sc1cccc(N)c1)C(=O)Nc1ccc2cc[nH]c2c1. The Hall–Kier alpha value is -2.40. The number of amides is 1. The van der Waals surface area contributed by atoms with Crippen LogP contribution in [0, 0.1) is 0 Å². The number of aromatic amines is 1. The van der Waals surface area contributed by atoms with Gasteiger partial charge in [0, 0.05) is 28.0 Å². The topological polar surface area (TPSA) is 70.9 Å². The van der Waals surface area contributed by atoms with Crippen molar-refractivity contribution in [2.45, 2.75) is 17.1 Å². The van der Waals surface area contributed by atoms with Gasteiger partial charge in [-0.2, -0.15) is 0 Å². The monoisotopic (exact) mass is 311 g/mol. The quantitative estimate of drug-likeness (QED) is 0.506. The van der Waals surface area contributed by atoms with Gasteiger partial charge >= 0.3 is 0 Å². The summed E-state index contributed by atoms with van der Waals surface area (Å²) in [5.74, 6) is -0.0293. The van der Waals surface area contributed by atoms with Crippen molar-refractivity contribution < 1.29 is 4.79 Å². The number of hydrogen-bond acceptors (Lipinski definition) is 3. The number of carbonyl (C=O) groups excluding carboxylic acids is 1. The summed E-state index contributed by atoms with van der Waals surface area (Å²) >= 11 is 1.49. The van der Waals surface area contributed by atoms with Crippen molar-refractivity contribution in [3.63, 3.8) is 0 Å². The number of benzene rings is 2. The van der Waals surface area contributed by atoms with Crippen molar-refractivity contribution in [2.24, 2.45) is 0 Å². The van der Waals surface area contributed by atoms with Gasteiger partial charge in [0.25, 0.3) is 0 Å². The van der Waals surface area contributed by atoms with E-state index in [1.54, 1.807) is 0 Å². The molecule has 0 saturated carbocycles. The molecule has 3 rings (SSSR count). The fraction of sp³-hybridized carbons (Fsp3) is 0.118. The van der Waals surface area contributed by atoms with E-state index in [1.165, 1.54) is 11.8 Å². The number of anilines is 2. The molecule has 0 aliphatic rings. The molecule has 2 aromatic carbocycles. The van der Waals surface area contributed by atoms with Gasteiger partial charge in [-0.3, -0.25) is 4.79 Å². The summed E-state index contributed by atoms with van der Waals surface area (Å²) in [6.45, 7) is 1.89. The van der Waals surface area contributed by atoms with E-state index in [1.807, 2.05) is 61.7 Å². The molecular weight excluding hydrogens is 294 g/mol. The molecule has 0 aliphatic carbocycles. The zero-order chi connectivity index (χ0) is 15.5. The lowest BCUT2D eigenvalue weighted by Crippen LogP contribution is -2.22. The Morgan fingerprint density at radius 3 is 2.91 bits per heavy atom. The van der Waals surface area contributed by atoms with Gasteiger partial charge in [-0.15, -0.1) is 11.8 Å². The molecule has 22 heavy (non-hydrogen) atoms. The maximum Gasteiger partial charge on any atom is 0.237 e. The maximum absolute atomic E-state index is 12.3. The molecule has 1 amide bonds. The second-order valence-corrected chi connectivity index (χ2v) is 6.52. The first-order chi connectivity index (χ1) is 10.6. The second-order valence-electron chi connectivity index (χ2n) is 5.10. The Labute approximate surface area is 133 Å². The van der Waals surface area contributed by atoms with E-state index in [2.05, 4.69) is 10.3 Å². The van der Waals surface area contributed by atoms with Gasteiger partial charge in [-0.1, -0.05) is 12.1 Å². The summed E-state index contributed by atoms with van der Waals surface area (Å²) in [5, 5.41) is 3.87. The third-order valence-electron chi connectivity index (χ3n) is 3.36. The molecule has 1 atom stereocenters. The third kappa shape index (κ3) is 3.26. The van der Waals surface area contributed by atoms with Crippen molar-refractivity contribution >= 4 is 39.9 Å². The minimum absolute atomic E-state index is 0.0293. The van der Waals surface area contributed by atoms with Crippen molar-refractivity contribution in [1.29, 1.82) is 0 Å². The molecule has 0 fully saturated rings. The van der Waals surface area contributed by atoms with Crippen LogP contribution in [-0.4, -0.2) is 16.1 Å². The van der Waals surface area contributed by atoms with Crippen LogP contribution in [0.5, 0.6) is 0 Å². The minimum Gasteiger partial charge on any atom is -0.399 e. The smallest absolute Gasteiger partial charge is 0.237 e. The van der Waals surface area contributed by atoms with Crippen LogP contribution in [0.2, 0.25) is 0 Å². The van der Waals surface area contributed by atoms with E-state index in [-0.39, 0.29) is 11.2 Å². The zero-order valence-electron chi connectivity index (χ0n) is 12.2. The van der Waals surface area contributed by atoms with Crippen LogP contribution in [0.1, 0.15) is 6.92 Å². The summed E-state index contributed by atoms with van der Waals surface area (Å²) in [6.07, 6.45) is 1.88. The van der Waals surface area contributed by atoms with Crippen molar-refractivity contribution in [1.82, 2.24) is 4.98 Å². The molecule has 4 nitrogen and oxygen atoms in total. The number of H-pyrrole nitrogens is 1. The zero-order valence-corrected chi connectivity index (χ0v) is 13.0. The first-order valence-corrected chi connectivity index (χ1v) is 7.90. The van der Waals surface area contributed by atoms with E-state index < -0.39 is 0 Å². The Morgan fingerprint density at radius 2 is 2.09 bits per heavy atom. The summed E-state index contributed by atoms with van der Waals surface area (Å²) in [6, 6.07) is 15.4. The largest absolute Gasteiger partial charge is 0.399 e. The Balaban J connectivity index is 1.67. The third-order valence-corrected chi connectivity index (χ3v) is 4.46. The van der Waals surface area contributed by atoms with Crippen LogP contribution < -0.4 is 11.1 Å². The van der Waals surface area contributed by atoms with Crippen molar-refractivity contribution in [2.75, 3.05) is 11.1 Å². The standard InChI is InChI=1S/C17H17N3OS/c1-11(22-15-4-2-3-13(18)9-15)17(21)20-14-6-5-12-7-8-19-16(12)10-14/h2-11,19H,18H2,1H3,(H,20,21). The number of nitrogens with two attached hydrogens (primary N) is 1. The van der Waals surface area contributed by atoms with Crippen LogP contribution >= 0.6 is 11.8 Å². The molecule has 112 valence electrons. The minimum atomic E-state index is -0.207. The molecular formula is C17H17N3OS. The Bertz CT molecular complexity index is 812. The summed E-state index contributed by atoms with van der Waals surface area (Å²) in [4.78, 5) is 16.4. The van der Waals surface area contributed by atoms with Crippen LogP contribution in [0.4, 0.5) is 11.4 Å². The molecule has 5 heteroatoms. The van der Waals surface area contributed by atoms with Gasteiger partial charge in [-0.05, 0) is 48.7 Å². The van der Waals surface area contributed by atoms with Gasteiger partial charge in [0.05, 0.1) is 5.25 Å². The van der Waals surface area contributed by atoms with Crippen LogP contribution in [0.15, 0.2) is 59.6 Å². The average molecular weight is 311 g/mol. The highest BCUT2D eigenvalue weighted by Gasteiger charge is 2.15. The average Bonchev–Trinajstić information content (AvgIpc) is 2.94. The molecule has 1 heterocycles. The molecule has 1 aromatic heterocycles. The normalized spacial score (nSPS) is 12.2. The Kier molecular flexibility index (Phi) is 4.06. The molecule has 0 spiro atoms. The van der Waals surface area contributed by atoms with E-state index in [4.69, 9.17) is 5.73 Å². The van der Waals surface area contributed by atoms with E-state index in [0.717, 1.165) is 21.5 Å². The van der Waals surface area contributed by atoms with Gasteiger partial charge in [0.15, 0.2) is 0 Å². The first-order valence-electron chi connectivity index (χ1n) is 7.02. The molecule has 4 N–H and O–H groups in total. The molecule has 3 aromatic rings. The number of fused-ring (bicyclic) bond motifs is 1. The lowest BCUT2D eigenvalue weighted by Gasteiger charge is -2.12. The van der Waals surface area contributed by atoms with E-state index >= 15 is 0 Å². The number of hydrogen-bond donors (Lipinski definition) is 3. The number of nitrogens with one attached hydrogen (secondary N) is 2. The summed E-state index contributed by atoms with van der Waals surface area (Å²) < 4.78 is 0. The highest BCUT2D eigenvalue weighted by molar-refractivity contribution is 8.00. The molecule has 0 radical (unpaired) electrons. The molecule has 0 saturated heterocycles. The second kappa shape index (κ2) is 6.15. The predicted octanol–water partition coefficient (Wildman–Crippen LogP) is 3.87. The van der Waals surface area contributed by atoms with E-state index in [9.17, 15) is 4.79 Å². The van der Waals surface area contributed by atoms with Crippen LogP contribution in [-0.2, 0) is 4.79 Å². The van der Waals surface area contributed by atoms with Gasteiger partial charge in [-0.25, -0.2) is 0 Å². The number of nitrogen functional groups attached to an aromatic ring is 1. The van der Waals surface area contributed by atoms with Gasteiger partial charge in [0.1, 0.15) is 0 Å². The fourth-order valence-electron chi connectivity index (χ4n) is 2.21. The fourth-order valence-corrected chi connectivity index (χ4v) is 3.15. The highest BCUT2D eigenvalue weighted by atomic mass is 32.2. The number of aromatic nitrogens is 1.